The number of hydrogen-bond acceptors (Lipinski definition) is 3. The van der Waals surface area contributed by atoms with Crippen LogP contribution in [0, 0.1) is 0 Å². The number of carbonyl (C=O) groups excluding carboxylic acids is 1. The van der Waals surface area contributed by atoms with E-state index in [0.717, 1.165) is 0 Å². The Labute approximate surface area is 74.5 Å². The van der Waals surface area contributed by atoms with Crippen molar-refractivity contribution in [3.8, 4) is 0 Å². The van der Waals surface area contributed by atoms with E-state index < -0.39 is 10.6 Å². The van der Waals surface area contributed by atoms with E-state index in [1.807, 2.05) is 0 Å². The van der Waals surface area contributed by atoms with Gasteiger partial charge in [0.2, 0.25) is 0 Å². The third kappa shape index (κ3) is 6.30. The monoisotopic (exact) mass is 193 g/mol. The van der Waals surface area contributed by atoms with Crippen LogP contribution in [0.4, 0.5) is 0 Å². The van der Waals surface area contributed by atoms with Gasteiger partial charge in [-0.2, -0.15) is 4.36 Å². The largest absolute Gasteiger partial charge is 0.385 e. The molecule has 0 aromatic rings. The number of ether oxygens (including phenoxy) is 1. The summed E-state index contributed by atoms with van der Waals surface area (Å²) >= 11 is 0. The molecule has 0 heterocycles. The van der Waals surface area contributed by atoms with Crippen molar-refractivity contribution < 1.29 is 13.7 Å². The second-order valence-electron chi connectivity index (χ2n) is 2.27. The summed E-state index contributed by atoms with van der Waals surface area (Å²) in [5.41, 5.74) is 0. The highest BCUT2D eigenvalue weighted by Gasteiger charge is 1.93. The molecule has 1 atom stereocenters. The van der Waals surface area contributed by atoms with Gasteiger partial charge in [-0.25, -0.2) is 0 Å². The number of methoxy groups -OCH3 is 1. The van der Waals surface area contributed by atoms with Gasteiger partial charge in [0, 0.05) is 36.5 Å². The van der Waals surface area contributed by atoms with E-state index in [9.17, 15) is 9.00 Å². The van der Waals surface area contributed by atoms with E-state index in [-0.39, 0.29) is 5.91 Å². The molecule has 0 fully saturated rings. The van der Waals surface area contributed by atoms with E-state index >= 15 is 0 Å². The molecule has 5 heteroatoms. The molecule has 0 spiro atoms. The van der Waals surface area contributed by atoms with Crippen LogP contribution in [0.15, 0.2) is 4.36 Å². The average molecular weight is 193 g/mol. The number of thiol groups is 1. The third-order valence-corrected chi connectivity index (χ3v) is 2.37. The summed E-state index contributed by atoms with van der Waals surface area (Å²) in [4.78, 5) is 10.7. The topological polar surface area (TPSA) is 55.7 Å². The molecular weight excluding hydrogens is 178 g/mol. The number of rotatable bonds is 5. The molecule has 4 nitrogen and oxygen atoms in total. The molecule has 0 aliphatic carbocycles. The van der Waals surface area contributed by atoms with E-state index in [0.29, 0.717) is 25.2 Å². The first-order valence-electron chi connectivity index (χ1n) is 3.88. The molecule has 0 aromatic carbocycles. The molecule has 0 N–H and O–H groups in total. The molecule has 0 rings (SSSR count). The van der Waals surface area contributed by atoms with Crippen molar-refractivity contribution in [2.45, 2.75) is 19.8 Å². The first-order valence-corrected chi connectivity index (χ1v) is 5.28. The first-order chi connectivity index (χ1) is 5.70. The lowest BCUT2D eigenvalue weighted by Crippen LogP contribution is -1.97. The van der Waals surface area contributed by atoms with Crippen LogP contribution in [0.25, 0.3) is 0 Å². The summed E-state index contributed by atoms with van der Waals surface area (Å²) in [5.74, 6) is 0.156. The van der Waals surface area contributed by atoms with Gasteiger partial charge in [0.1, 0.15) is 0 Å². The average Bonchev–Trinajstić information content (AvgIpc) is 2.05. The fourth-order valence-electron chi connectivity index (χ4n) is 0.589. The minimum absolute atomic E-state index is 0.284. The lowest BCUT2D eigenvalue weighted by Gasteiger charge is -1.93. The fraction of sp³-hybridized carbons (Fsp3) is 0.857. The molecule has 0 aliphatic heterocycles. The van der Waals surface area contributed by atoms with E-state index in [4.69, 9.17) is 4.74 Å². The molecule has 1 unspecified atom stereocenters. The summed E-state index contributed by atoms with van der Waals surface area (Å²) in [6.07, 6.45) is 1.01. The summed E-state index contributed by atoms with van der Waals surface area (Å²) in [6, 6.07) is 0. The van der Waals surface area contributed by atoms with Crippen LogP contribution in [0.5, 0.6) is 0 Å². The van der Waals surface area contributed by atoms with Gasteiger partial charge < -0.3 is 4.74 Å². The van der Waals surface area contributed by atoms with Gasteiger partial charge in [0.05, 0.1) is 0 Å². The van der Waals surface area contributed by atoms with Crippen molar-refractivity contribution in [2.24, 2.45) is 4.36 Å². The predicted octanol–water partition coefficient (Wildman–Crippen LogP) is 0.624. The molecule has 0 radical (unpaired) electrons. The highest BCUT2D eigenvalue weighted by Crippen LogP contribution is 1.87. The number of amides is 1. The molecule has 0 bridgehead atoms. The number of nitrogens with zero attached hydrogens (tertiary/aromatic N) is 1. The normalized spacial score (nSPS) is 13.2. The Morgan fingerprint density at radius 2 is 2.25 bits per heavy atom. The quantitative estimate of drug-likeness (QED) is 0.514. The summed E-state index contributed by atoms with van der Waals surface area (Å²) < 4.78 is 19.2. The molecule has 72 valence electrons. The zero-order valence-corrected chi connectivity index (χ0v) is 8.34. The zero-order chi connectivity index (χ0) is 9.40. The van der Waals surface area contributed by atoms with Crippen LogP contribution in [-0.4, -0.2) is 29.6 Å². The number of carbonyl (C=O) groups is 1. The van der Waals surface area contributed by atoms with Crippen LogP contribution in [0.3, 0.4) is 0 Å². The van der Waals surface area contributed by atoms with Gasteiger partial charge in [0.15, 0.2) is 0 Å². The highest BCUT2D eigenvalue weighted by molar-refractivity contribution is 7.75. The van der Waals surface area contributed by atoms with Crippen molar-refractivity contribution in [3.63, 3.8) is 0 Å². The second kappa shape index (κ2) is 7.24. The minimum Gasteiger partial charge on any atom is -0.385 e. The second-order valence-corrected chi connectivity index (χ2v) is 3.62. The van der Waals surface area contributed by atoms with E-state index in [2.05, 4.69) is 4.36 Å². The minimum atomic E-state index is -1.69. The van der Waals surface area contributed by atoms with Crippen molar-refractivity contribution in [1.29, 1.82) is 0 Å². The molecule has 0 aliphatic rings. The van der Waals surface area contributed by atoms with Gasteiger partial charge >= 0.3 is 0 Å². The molecule has 0 saturated heterocycles. The summed E-state index contributed by atoms with van der Waals surface area (Å²) in [5, 5.41) is 0. The maximum Gasteiger partial charge on any atom is 0.253 e. The molecule has 12 heavy (non-hydrogen) atoms. The van der Waals surface area contributed by atoms with E-state index in [1.54, 1.807) is 14.0 Å². The predicted molar refractivity (Wildman–Crippen MR) is 48.6 cm³/mol. The molecule has 0 aromatic heterocycles. The van der Waals surface area contributed by atoms with Gasteiger partial charge in [-0.1, -0.05) is 6.92 Å². The number of hydrogen-bond donors (Lipinski definition) is 1. The lowest BCUT2D eigenvalue weighted by atomic mass is 10.5. The Kier molecular flexibility index (Phi) is 6.99. The maximum atomic E-state index is 11.0. The van der Waals surface area contributed by atoms with Crippen molar-refractivity contribution >= 4 is 16.5 Å². The Balaban J connectivity index is 3.71. The van der Waals surface area contributed by atoms with Crippen LogP contribution in [-0.2, 0) is 20.1 Å². The third-order valence-electron chi connectivity index (χ3n) is 1.22. The van der Waals surface area contributed by atoms with Gasteiger partial charge in [-0.3, -0.25) is 9.00 Å². The Morgan fingerprint density at radius 3 is 2.75 bits per heavy atom. The van der Waals surface area contributed by atoms with Crippen molar-refractivity contribution in [1.82, 2.24) is 0 Å². The molecule has 1 amide bonds. The smallest absolute Gasteiger partial charge is 0.253 e. The Bertz CT molecular complexity index is 209. The fourth-order valence-corrected chi connectivity index (χ4v) is 1.48. The molecular formula is C7H15NO3S. The first kappa shape index (κ1) is 11.6. The lowest BCUT2D eigenvalue weighted by molar-refractivity contribution is -0.117. The van der Waals surface area contributed by atoms with E-state index in [1.165, 1.54) is 0 Å². The standard InChI is InChI=1S/C7H15NO3S/c1-3-7(9)8-12(10)6-4-5-11-2/h12H,3-6H2,1-2H3. The maximum absolute atomic E-state index is 11.0. The van der Waals surface area contributed by atoms with Crippen molar-refractivity contribution in [2.75, 3.05) is 19.5 Å². The molecule has 0 saturated carbocycles. The Hall–Kier alpha value is -0.420. The van der Waals surface area contributed by atoms with Crippen LogP contribution in [0.1, 0.15) is 19.8 Å². The summed E-state index contributed by atoms with van der Waals surface area (Å²) in [6.45, 7) is 2.26. The van der Waals surface area contributed by atoms with Crippen LogP contribution in [0.2, 0.25) is 0 Å². The zero-order valence-electron chi connectivity index (χ0n) is 7.45. The highest BCUT2D eigenvalue weighted by atomic mass is 32.2. The van der Waals surface area contributed by atoms with Crippen LogP contribution < -0.4 is 0 Å². The van der Waals surface area contributed by atoms with Gasteiger partial charge in [-0.05, 0) is 6.42 Å². The van der Waals surface area contributed by atoms with Gasteiger partial charge in [-0.15, -0.1) is 0 Å². The Morgan fingerprint density at radius 1 is 1.58 bits per heavy atom. The SMILES string of the molecule is CCC(=O)N=[SH](=O)CCCOC. The van der Waals surface area contributed by atoms with Gasteiger partial charge in [0.25, 0.3) is 5.91 Å². The van der Waals surface area contributed by atoms with Crippen molar-refractivity contribution in [3.05, 3.63) is 0 Å². The van der Waals surface area contributed by atoms with Crippen LogP contribution >= 0.6 is 0 Å². The summed E-state index contributed by atoms with van der Waals surface area (Å²) in [7, 11) is -0.107.